The number of amides is 1. The molecule has 3 N–H and O–H groups in total. The van der Waals surface area contributed by atoms with E-state index in [0.717, 1.165) is 23.5 Å². The summed E-state index contributed by atoms with van der Waals surface area (Å²) in [6.07, 6.45) is 3.29. The van der Waals surface area contributed by atoms with E-state index in [1.54, 1.807) is 30.5 Å². The van der Waals surface area contributed by atoms with E-state index in [4.69, 9.17) is 9.88 Å². The van der Waals surface area contributed by atoms with Gasteiger partial charge >= 0.3 is 0 Å². The maximum absolute atomic E-state index is 12.3. The molecular weight excluding hydrogens is 386 g/mol. The quantitative estimate of drug-likeness (QED) is 0.721. The lowest BCUT2D eigenvalue weighted by molar-refractivity contribution is 0.0953. The minimum absolute atomic E-state index is 0.0697. The number of ether oxygens (including phenoxy) is 1. The number of rotatable bonds is 7. The van der Waals surface area contributed by atoms with E-state index in [9.17, 15) is 13.2 Å². The number of carbonyl (C=O) groups excluding carboxylic acids is 1. The number of aromatic nitrogens is 1. The van der Waals surface area contributed by atoms with Crippen LogP contribution in [0.25, 0.3) is 0 Å². The van der Waals surface area contributed by atoms with Crippen LogP contribution < -0.4 is 15.2 Å². The van der Waals surface area contributed by atoms with Crippen molar-refractivity contribution in [3.63, 3.8) is 0 Å². The average molecular weight is 408 g/mol. The zero-order valence-corrected chi connectivity index (χ0v) is 16.3. The summed E-state index contributed by atoms with van der Waals surface area (Å²) >= 11 is 1.85. The molecular formula is C18H21N3O4S2. The standard InChI is InChI=1S/C18H21N3O4S2/c19-27(23,24)16-3-1-13(2-4-16)5-8-21-18(22)14-6-9-20-17(11-14)25-15-7-10-26-12-15/h1-4,6,9,11,15H,5,7-8,10,12H2,(H,21,22)(H2,19,23,24). The van der Waals surface area contributed by atoms with Gasteiger partial charge in [-0.2, -0.15) is 11.8 Å². The van der Waals surface area contributed by atoms with Crippen LogP contribution in [0.3, 0.4) is 0 Å². The maximum atomic E-state index is 12.3. The molecule has 144 valence electrons. The maximum Gasteiger partial charge on any atom is 0.251 e. The van der Waals surface area contributed by atoms with Crippen molar-refractivity contribution in [2.24, 2.45) is 5.14 Å². The van der Waals surface area contributed by atoms with Crippen LogP contribution in [0.15, 0.2) is 47.5 Å². The van der Waals surface area contributed by atoms with E-state index in [1.165, 1.54) is 12.1 Å². The molecule has 1 unspecified atom stereocenters. The molecule has 0 aliphatic carbocycles. The van der Waals surface area contributed by atoms with Crippen molar-refractivity contribution in [1.29, 1.82) is 0 Å². The van der Waals surface area contributed by atoms with E-state index in [-0.39, 0.29) is 16.9 Å². The molecule has 0 bridgehead atoms. The normalized spacial score (nSPS) is 16.9. The highest BCUT2D eigenvalue weighted by Gasteiger charge is 2.18. The minimum Gasteiger partial charge on any atom is -0.473 e. The Morgan fingerprint density at radius 2 is 2.07 bits per heavy atom. The summed E-state index contributed by atoms with van der Waals surface area (Å²) in [6.45, 7) is 0.422. The Labute approximate surface area is 162 Å². The van der Waals surface area contributed by atoms with Crippen LogP contribution in [0.1, 0.15) is 22.3 Å². The lowest BCUT2D eigenvalue weighted by Crippen LogP contribution is -2.26. The number of thioether (sulfide) groups is 1. The zero-order chi connectivity index (χ0) is 19.3. The fourth-order valence-corrected chi connectivity index (χ4v) is 4.27. The third-order valence-corrected chi connectivity index (χ3v) is 6.18. The number of nitrogens with two attached hydrogens (primary N) is 1. The first-order valence-corrected chi connectivity index (χ1v) is 11.2. The molecule has 0 saturated carbocycles. The highest BCUT2D eigenvalue weighted by molar-refractivity contribution is 7.99. The number of hydrogen-bond acceptors (Lipinski definition) is 6. The summed E-state index contributed by atoms with van der Waals surface area (Å²) in [7, 11) is -3.69. The molecule has 1 fully saturated rings. The van der Waals surface area contributed by atoms with Crippen molar-refractivity contribution in [1.82, 2.24) is 10.3 Å². The second-order valence-corrected chi connectivity index (χ2v) is 8.89. The third-order valence-electron chi connectivity index (χ3n) is 4.12. The Morgan fingerprint density at radius 3 is 2.74 bits per heavy atom. The van der Waals surface area contributed by atoms with Crippen LogP contribution in [0, 0.1) is 0 Å². The molecule has 2 heterocycles. The predicted molar refractivity (Wildman–Crippen MR) is 104 cm³/mol. The summed E-state index contributed by atoms with van der Waals surface area (Å²) in [6, 6.07) is 9.58. The summed E-state index contributed by atoms with van der Waals surface area (Å²) in [5.41, 5.74) is 1.40. The zero-order valence-electron chi connectivity index (χ0n) is 14.6. The Kier molecular flexibility index (Phi) is 6.35. The van der Waals surface area contributed by atoms with E-state index in [2.05, 4.69) is 10.3 Å². The number of primary sulfonamides is 1. The molecule has 1 saturated heterocycles. The highest BCUT2D eigenvalue weighted by Crippen LogP contribution is 2.22. The molecule has 9 heteroatoms. The van der Waals surface area contributed by atoms with Crippen LogP contribution in [-0.4, -0.2) is 43.5 Å². The van der Waals surface area contributed by atoms with Crippen LogP contribution in [0.4, 0.5) is 0 Å². The molecule has 1 aromatic heterocycles. The Bertz CT molecular complexity index is 895. The van der Waals surface area contributed by atoms with Gasteiger partial charge in [-0.15, -0.1) is 0 Å². The largest absolute Gasteiger partial charge is 0.473 e. The van der Waals surface area contributed by atoms with E-state index in [1.807, 2.05) is 11.8 Å². The number of pyridine rings is 1. The Balaban J connectivity index is 1.51. The van der Waals surface area contributed by atoms with Crippen LogP contribution >= 0.6 is 11.8 Å². The number of carbonyl (C=O) groups is 1. The molecule has 1 atom stereocenters. The summed E-state index contributed by atoms with van der Waals surface area (Å²) in [4.78, 5) is 16.6. The van der Waals surface area contributed by atoms with Gasteiger partial charge in [0.25, 0.3) is 5.91 Å². The molecule has 0 radical (unpaired) electrons. The molecule has 1 aromatic carbocycles. The van der Waals surface area contributed by atoms with Crippen molar-refractivity contribution < 1.29 is 17.9 Å². The summed E-state index contributed by atoms with van der Waals surface area (Å²) in [5.74, 6) is 2.30. The van der Waals surface area contributed by atoms with Crippen molar-refractivity contribution in [2.75, 3.05) is 18.1 Å². The lowest BCUT2D eigenvalue weighted by atomic mass is 10.1. The third kappa shape index (κ3) is 5.69. The van der Waals surface area contributed by atoms with Crippen molar-refractivity contribution in [2.45, 2.75) is 23.8 Å². The first-order chi connectivity index (χ1) is 12.9. The number of nitrogens with one attached hydrogen (secondary N) is 1. The lowest BCUT2D eigenvalue weighted by Gasteiger charge is -2.12. The molecule has 27 heavy (non-hydrogen) atoms. The summed E-state index contributed by atoms with van der Waals surface area (Å²) in [5, 5.41) is 7.92. The molecule has 1 aliphatic rings. The predicted octanol–water partition coefficient (Wildman–Crippen LogP) is 1.59. The van der Waals surface area contributed by atoms with Gasteiger partial charge < -0.3 is 10.1 Å². The van der Waals surface area contributed by atoms with E-state index in [0.29, 0.717) is 24.4 Å². The van der Waals surface area contributed by atoms with Gasteiger partial charge in [-0.1, -0.05) is 12.1 Å². The van der Waals surface area contributed by atoms with E-state index < -0.39 is 10.0 Å². The van der Waals surface area contributed by atoms with Gasteiger partial charge in [0.2, 0.25) is 15.9 Å². The van der Waals surface area contributed by atoms with Gasteiger partial charge in [0.1, 0.15) is 6.10 Å². The SMILES string of the molecule is NS(=O)(=O)c1ccc(CCNC(=O)c2ccnc(OC3CCSC3)c2)cc1. The fraction of sp³-hybridized carbons (Fsp3) is 0.333. The molecule has 7 nitrogen and oxygen atoms in total. The van der Waals surface area contributed by atoms with Crippen LogP contribution in [-0.2, 0) is 16.4 Å². The topological polar surface area (TPSA) is 111 Å². The first kappa shape index (κ1) is 19.7. The molecule has 0 spiro atoms. The summed E-state index contributed by atoms with van der Waals surface area (Å²) < 4.78 is 28.3. The first-order valence-electron chi connectivity index (χ1n) is 8.52. The number of sulfonamides is 1. The van der Waals surface area contributed by atoms with Crippen LogP contribution in [0.2, 0.25) is 0 Å². The molecule has 1 aliphatic heterocycles. The van der Waals surface area contributed by atoms with Crippen molar-refractivity contribution >= 4 is 27.7 Å². The second kappa shape index (κ2) is 8.73. The number of nitrogens with zero attached hydrogens (tertiary/aromatic N) is 1. The second-order valence-electron chi connectivity index (χ2n) is 6.18. The number of hydrogen-bond donors (Lipinski definition) is 2. The van der Waals surface area contributed by atoms with Gasteiger partial charge in [0.15, 0.2) is 0 Å². The Hall–Kier alpha value is -2.10. The van der Waals surface area contributed by atoms with Crippen LogP contribution in [0.5, 0.6) is 5.88 Å². The highest BCUT2D eigenvalue weighted by atomic mass is 32.2. The van der Waals surface area contributed by atoms with Crippen molar-refractivity contribution in [3.05, 3.63) is 53.7 Å². The van der Waals surface area contributed by atoms with Gasteiger partial charge in [-0.25, -0.2) is 18.5 Å². The fourth-order valence-electron chi connectivity index (χ4n) is 2.66. The van der Waals surface area contributed by atoms with E-state index >= 15 is 0 Å². The number of benzene rings is 1. The minimum atomic E-state index is -3.69. The Morgan fingerprint density at radius 1 is 1.30 bits per heavy atom. The van der Waals surface area contributed by atoms with Gasteiger partial charge in [0.05, 0.1) is 4.90 Å². The average Bonchev–Trinajstić information content (AvgIpc) is 3.14. The molecule has 3 rings (SSSR count). The molecule has 2 aromatic rings. The van der Waals surface area contributed by atoms with Gasteiger partial charge in [0, 0.05) is 30.1 Å². The van der Waals surface area contributed by atoms with Gasteiger partial charge in [-0.3, -0.25) is 4.79 Å². The monoisotopic (exact) mass is 407 g/mol. The van der Waals surface area contributed by atoms with Gasteiger partial charge in [-0.05, 0) is 42.4 Å². The smallest absolute Gasteiger partial charge is 0.251 e. The molecule has 1 amide bonds. The van der Waals surface area contributed by atoms with Crippen molar-refractivity contribution in [3.8, 4) is 5.88 Å².